The van der Waals surface area contributed by atoms with Crippen LogP contribution < -0.4 is 4.74 Å². The van der Waals surface area contributed by atoms with Crippen LogP contribution in [0.4, 0.5) is 0 Å². The topological polar surface area (TPSA) is 26.3 Å². The van der Waals surface area contributed by atoms with Crippen LogP contribution in [0.3, 0.4) is 0 Å². The van der Waals surface area contributed by atoms with Gasteiger partial charge in [-0.3, -0.25) is 4.79 Å². The number of unbranched alkanes of at least 4 members (excludes halogenated alkanes) is 6. The van der Waals surface area contributed by atoms with Gasteiger partial charge in [0.15, 0.2) is 0 Å². The minimum atomic E-state index is 0.712. The Hall–Kier alpha value is -1.83. The molecule has 0 bridgehead atoms. The number of ether oxygens (including phenoxy) is 1. The smallest absolute Gasteiger partial charge is 0.150 e. The summed E-state index contributed by atoms with van der Waals surface area (Å²) in [6.45, 7) is 3.03. The van der Waals surface area contributed by atoms with Crippen molar-refractivity contribution < 1.29 is 9.53 Å². The Morgan fingerprint density at radius 1 is 0.864 bits per heavy atom. The molecular weight excluding hydrogens is 272 g/mol. The number of carbonyl (C=O) groups excluding carboxylic acids is 1. The van der Waals surface area contributed by atoms with Gasteiger partial charge in [-0.2, -0.15) is 0 Å². The first kappa shape index (κ1) is 16.5. The quantitative estimate of drug-likeness (QED) is 0.410. The van der Waals surface area contributed by atoms with Crippen molar-refractivity contribution in [1.29, 1.82) is 0 Å². The fraction of sp³-hybridized carbons (Fsp3) is 0.450. The molecule has 2 aromatic rings. The lowest BCUT2D eigenvalue weighted by atomic mass is 10.1. The molecule has 2 heteroatoms. The molecule has 0 amide bonds. The van der Waals surface area contributed by atoms with Gasteiger partial charge in [0.1, 0.15) is 12.0 Å². The van der Waals surface area contributed by atoms with Crippen LogP contribution in [0, 0.1) is 0 Å². The summed E-state index contributed by atoms with van der Waals surface area (Å²) < 4.78 is 5.83. The highest BCUT2D eigenvalue weighted by atomic mass is 16.5. The van der Waals surface area contributed by atoms with Crippen molar-refractivity contribution in [2.24, 2.45) is 0 Å². The summed E-state index contributed by atoms with van der Waals surface area (Å²) in [5, 5.41) is 2.19. The fourth-order valence-electron chi connectivity index (χ4n) is 2.65. The van der Waals surface area contributed by atoms with Gasteiger partial charge in [0.2, 0.25) is 0 Å². The number of rotatable bonds is 10. The van der Waals surface area contributed by atoms with Crippen LogP contribution in [0.1, 0.15) is 62.2 Å². The van der Waals surface area contributed by atoms with Gasteiger partial charge in [-0.1, -0.05) is 63.6 Å². The minimum Gasteiger partial charge on any atom is -0.494 e. The summed E-state index contributed by atoms with van der Waals surface area (Å²) >= 11 is 0. The second-order valence-electron chi connectivity index (χ2n) is 5.86. The standard InChI is InChI=1S/C20H26O2/c1-2-3-4-5-6-7-8-13-22-20-12-11-18-14-17(16-21)9-10-19(18)15-20/h9-12,14-16H,2-8,13H2,1H3. The second kappa shape index (κ2) is 9.24. The zero-order valence-electron chi connectivity index (χ0n) is 13.5. The molecule has 0 saturated carbocycles. The molecule has 0 fully saturated rings. The highest BCUT2D eigenvalue weighted by Gasteiger charge is 1.99. The van der Waals surface area contributed by atoms with E-state index in [1.54, 1.807) is 0 Å². The van der Waals surface area contributed by atoms with Crippen LogP contribution in [0.15, 0.2) is 36.4 Å². The van der Waals surface area contributed by atoms with Crippen LogP contribution in [0.25, 0.3) is 10.8 Å². The number of carbonyl (C=O) groups is 1. The molecule has 0 aromatic heterocycles. The molecule has 0 aliphatic rings. The Bertz CT molecular complexity index is 589. The summed E-state index contributed by atoms with van der Waals surface area (Å²) in [5.74, 6) is 0.914. The van der Waals surface area contributed by atoms with Crippen LogP contribution in [0.5, 0.6) is 5.75 Å². The van der Waals surface area contributed by atoms with E-state index in [2.05, 4.69) is 6.92 Å². The molecule has 0 unspecified atom stereocenters. The number of hydrogen-bond donors (Lipinski definition) is 0. The highest BCUT2D eigenvalue weighted by Crippen LogP contribution is 2.22. The van der Waals surface area contributed by atoms with E-state index in [4.69, 9.17) is 4.74 Å². The number of aldehydes is 1. The molecule has 0 atom stereocenters. The third-order valence-corrected chi connectivity index (χ3v) is 3.99. The largest absolute Gasteiger partial charge is 0.494 e. The van der Waals surface area contributed by atoms with Crippen LogP contribution in [0.2, 0.25) is 0 Å². The van der Waals surface area contributed by atoms with Crippen molar-refractivity contribution >= 4 is 17.1 Å². The van der Waals surface area contributed by atoms with Gasteiger partial charge in [-0.25, -0.2) is 0 Å². The number of benzene rings is 2. The van der Waals surface area contributed by atoms with Crippen molar-refractivity contribution in [1.82, 2.24) is 0 Å². The van der Waals surface area contributed by atoms with Crippen LogP contribution >= 0.6 is 0 Å². The Morgan fingerprint density at radius 3 is 2.32 bits per heavy atom. The zero-order chi connectivity index (χ0) is 15.6. The van der Waals surface area contributed by atoms with Crippen molar-refractivity contribution in [2.75, 3.05) is 6.61 Å². The van der Waals surface area contributed by atoms with Gasteiger partial charge in [-0.05, 0) is 35.4 Å². The maximum atomic E-state index is 10.8. The number of fused-ring (bicyclic) bond motifs is 1. The van der Waals surface area contributed by atoms with Gasteiger partial charge in [0.25, 0.3) is 0 Å². The summed E-state index contributed by atoms with van der Waals surface area (Å²) in [4.78, 5) is 10.8. The third-order valence-electron chi connectivity index (χ3n) is 3.99. The monoisotopic (exact) mass is 298 g/mol. The fourth-order valence-corrected chi connectivity index (χ4v) is 2.65. The summed E-state index contributed by atoms with van der Waals surface area (Å²) in [7, 11) is 0. The molecule has 2 rings (SSSR count). The maximum absolute atomic E-state index is 10.8. The van der Waals surface area contributed by atoms with Crippen molar-refractivity contribution in [2.45, 2.75) is 51.9 Å². The number of hydrogen-bond acceptors (Lipinski definition) is 2. The third kappa shape index (κ3) is 5.18. The molecule has 0 radical (unpaired) electrons. The molecule has 0 aliphatic carbocycles. The average Bonchev–Trinajstić information content (AvgIpc) is 2.56. The van der Waals surface area contributed by atoms with Gasteiger partial charge in [-0.15, -0.1) is 0 Å². The van der Waals surface area contributed by atoms with Gasteiger partial charge < -0.3 is 4.74 Å². The van der Waals surface area contributed by atoms with E-state index in [1.165, 1.54) is 38.5 Å². The van der Waals surface area contributed by atoms with E-state index in [9.17, 15) is 4.79 Å². The Balaban J connectivity index is 1.74. The molecule has 2 nitrogen and oxygen atoms in total. The van der Waals surface area contributed by atoms with E-state index >= 15 is 0 Å². The molecule has 0 N–H and O–H groups in total. The first-order chi connectivity index (χ1) is 10.8. The highest BCUT2D eigenvalue weighted by molar-refractivity contribution is 5.89. The summed E-state index contributed by atoms with van der Waals surface area (Å²) in [6.07, 6.45) is 9.95. The first-order valence-corrected chi connectivity index (χ1v) is 8.45. The summed E-state index contributed by atoms with van der Waals surface area (Å²) in [5.41, 5.74) is 0.712. The van der Waals surface area contributed by atoms with E-state index in [0.717, 1.165) is 35.8 Å². The Morgan fingerprint density at radius 2 is 1.55 bits per heavy atom. The SMILES string of the molecule is CCCCCCCCCOc1ccc2cc(C=O)ccc2c1. The normalized spacial score (nSPS) is 10.8. The zero-order valence-corrected chi connectivity index (χ0v) is 13.5. The van der Waals surface area contributed by atoms with Gasteiger partial charge >= 0.3 is 0 Å². The lowest BCUT2D eigenvalue weighted by molar-refractivity contribution is 0.112. The predicted octanol–water partition coefficient (Wildman–Crippen LogP) is 5.78. The molecule has 22 heavy (non-hydrogen) atoms. The van der Waals surface area contributed by atoms with E-state index in [0.29, 0.717) is 5.56 Å². The minimum absolute atomic E-state index is 0.712. The predicted molar refractivity (Wildman–Crippen MR) is 92.8 cm³/mol. The Kier molecular flexibility index (Phi) is 6.95. The molecule has 0 heterocycles. The van der Waals surface area contributed by atoms with E-state index < -0.39 is 0 Å². The molecule has 0 saturated heterocycles. The second-order valence-corrected chi connectivity index (χ2v) is 5.86. The first-order valence-electron chi connectivity index (χ1n) is 8.45. The lowest BCUT2D eigenvalue weighted by Crippen LogP contribution is -1.97. The summed E-state index contributed by atoms with van der Waals surface area (Å²) in [6, 6.07) is 11.8. The van der Waals surface area contributed by atoms with Gasteiger partial charge in [0.05, 0.1) is 6.61 Å². The molecule has 0 spiro atoms. The van der Waals surface area contributed by atoms with E-state index in [1.807, 2.05) is 36.4 Å². The Labute approximate surface area is 133 Å². The van der Waals surface area contributed by atoms with Crippen molar-refractivity contribution in [3.8, 4) is 5.75 Å². The van der Waals surface area contributed by atoms with Gasteiger partial charge in [0, 0.05) is 5.56 Å². The van der Waals surface area contributed by atoms with Crippen LogP contribution in [-0.4, -0.2) is 12.9 Å². The molecule has 0 aliphatic heterocycles. The molecular formula is C20H26O2. The maximum Gasteiger partial charge on any atom is 0.150 e. The van der Waals surface area contributed by atoms with Crippen LogP contribution in [-0.2, 0) is 0 Å². The average molecular weight is 298 g/mol. The van der Waals surface area contributed by atoms with Crippen molar-refractivity contribution in [3.63, 3.8) is 0 Å². The molecule has 2 aromatic carbocycles. The molecule has 118 valence electrons. The van der Waals surface area contributed by atoms with Crippen molar-refractivity contribution in [3.05, 3.63) is 42.0 Å². The lowest BCUT2D eigenvalue weighted by Gasteiger charge is -2.07. The van der Waals surface area contributed by atoms with E-state index in [-0.39, 0.29) is 0 Å².